The molecule has 0 radical (unpaired) electrons. The van der Waals surface area contributed by atoms with Crippen molar-refractivity contribution >= 4 is 17.2 Å². The highest BCUT2D eigenvalue weighted by molar-refractivity contribution is 7.09. The van der Waals surface area contributed by atoms with Crippen LogP contribution in [0, 0.1) is 13.8 Å². The SMILES string of the molecule is Cc1cc(C)cc(OCC(=O)NCc2csc(Cc3ccccc3)n2)c1. The van der Waals surface area contributed by atoms with Crippen molar-refractivity contribution in [2.75, 3.05) is 6.61 Å². The maximum absolute atomic E-state index is 12.0. The molecular weight excluding hydrogens is 344 g/mol. The zero-order valence-corrected chi connectivity index (χ0v) is 15.8. The third-order valence-electron chi connectivity index (χ3n) is 3.83. The van der Waals surface area contributed by atoms with Gasteiger partial charge in [0.25, 0.3) is 5.91 Å². The highest BCUT2D eigenvalue weighted by Crippen LogP contribution is 2.16. The standard InChI is InChI=1S/C21H22N2O2S/c1-15-8-16(2)10-19(9-15)25-13-20(24)22-12-18-14-26-21(23-18)11-17-6-4-3-5-7-17/h3-10,14H,11-13H2,1-2H3,(H,22,24). The third-order valence-corrected chi connectivity index (χ3v) is 4.73. The lowest BCUT2D eigenvalue weighted by molar-refractivity contribution is -0.123. The van der Waals surface area contributed by atoms with Crippen LogP contribution in [-0.4, -0.2) is 17.5 Å². The minimum Gasteiger partial charge on any atom is -0.484 e. The summed E-state index contributed by atoms with van der Waals surface area (Å²) in [5.41, 5.74) is 4.35. The van der Waals surface area contributed by atoms with Gasteiger partial charge in [-0.05, 0) is 42.7 Å². The molecule has 0 unspecified atom stereocenters. The van der Waals surface area contributed by atoms with Gasteiger partial charge in [-0.1, -0.05) is 36.4 Å². The molecule has 0 spiro atoms. The molecule has 1 heterocycles. The fraction of sp³-hybridized carbons (Fsp3) is 0.238. The summed E-state index contributed by atoms with van der Waals surface area (Å²) in [7, 11) is 0. The number of carbonyl (C=O) groups is 1. The number of benzene rings is 2. The van der Waals surface area contributed by atoms with Crippen LogP contribution < -0.4 is 10.1 Å². The Morgan fingerprint density at radius 2 is 1.85 bits per heavy atom. The number of aryl methyl sites for hydroxylation is 2. The van der Waals surface area contributed by atoms with E-state index >= 15 is 0 Å². The Kier molecular flexibility index (Phi) is 6.02. The van der Waals surface area contributed by atoms with E-state index in [-0.39, 0.29) is 12.5 Å². The summed E-state index contributed by atoms with van der Waals surface area (Å²) < 4.78 is 5.57. The van der Waals surface area contributed by atoms with Crippen LogP contribution in [0.15, 0.2) is 53.9 Å². The molecule has 26 heavy (non-hydrogen) atoms. The van der Waals surface area contributed by atoms with Crippen LogP contribution in [-0.2, 0) is 17.8 Å². The lowest BCUT2D eigenvalue weighted by Gasteiger charge is -2.08. The largest absolute Gasteiger partial charge is 0.484 e. The van der Waals surface area contributed by atoms with Crippen LogP contribution in [0.5, 0.6) is 5.75 Å². The van der Waals surface area contributed by atoms with E-state index in [1.54, 1.807) is 11.3 Å². The topological polar surface area (TPSA) is 51.2 Å². The molecule has 0 bridgehead atoms. The second kappa shape index (κ2) is 8.63. The molecule has 0 aliphatic rings. The Morgan fingerprint density at radius 3 is 2.58 bits per heavy atom. The van der Waals surface area contributed by atoms with Crippen molar-refractivity contribution in [3.05, 3.63) is 81.3 Å². The predicted octanol–water partition coefficient (Wildman–Crippen LogP) is 4.05. The lowest BCUT2D eigenvalue weighted by Crippen LogP contribution is -2.28. The summed E-state index contributed by atoms with van der Waals surface area (Å²) in [6, 6.07) is 16.2. The smallest absolute Gasteiger partial charge is 0.258 e. The molecule has 1 N–H and O–H groups in total. The van der Waals surface area contributed by atoms with Gasteiger partial charge in [-0.25, -0.2) is 4.98 Å². The van der Waals surface area contributed by atoms with Crippen LogP contribution in [0.3, 0.4) is 0 Å². The molecule has 3 aromatic rings. The number of thiazole rings is 1. The van der Waals surface area contributed by atoms with Crippen LogP contribution in [0.2, 0.25) is 0 Å². The van der Waals surface area contributed by atoms with Crippen molar-refractivity contribution in [1.29, 1.82) is 0 Å². The van der Waals surface area contributed by atoms with Gasteiger partial charge in [0.15, 0.2) is 6.61 Å². The molecule has 0 aliphatic carbocycles. The maximum Gasteiger partial charge on any atom is 0.258 e. The quantitative estimate of drug-likeness (QED) is 0.686. The van der Waals surface area contributed by atoms with Crippen molar-refractivity contribution in [3.63, 3.8) is 0 Å². The van der Waals surface area contributed by atoms with Gasteiger partial charge in [-0.15, -0.1) is 11.3 Å². The van der Waals surface area contributed by atoms with E-state index in [0.717, 1.165) is 34.0 Å². The number of nitrogens with zero attached hydrogens (tertiary/aromatic N) is 1. The minimum absolute atomic E-state index is 0.00387. The number of aromatic nitrogens is 1. The molecule has 2 aromatic carbocycles. The van der Waals surface area contributed by atoms with Crippen LogP contribution in [0.25, 0.3) is 0 Å². The van der Waals surface area contributed by atoms with Crippen molar-refractivity contribution < 1.29 is 9.53 Å². The summed E-state index contributed by atoms with van der Waals surface area (Å²) in [5.74, 6) is 0.568. The van der Waals surface area contributed by atoms with Gasteiger partial charge in [0.2, 0.25) is 0 Å². The van der Waals surface area contributed by atoms with Gasteiger partial charge in [-0.3, -0.25) is 4.79 Å². The fourth-order valence-corrected chi connectivity index (χ4v) is 3.52. The number of hydrogen-bond donors (Lipinski definition) is 1. The van der Waals surface area contributed by atoms with Gasteiger partial charge in [0, 0.05) is 11.8 Å². The van der Waals surface area contributed by atoms with E-state index in [1.165, 1.54) is 5.56 Å². The zero-order chi connectivity index (χ0) is 18.4. The van der Waals surface area contributed by atoms with E-state index in [0.29, 0.717) is 6.54 Å². The summed E-state index contributed by atoms with van der Waals surface area (Å²) in [5, 5.41) is 5.89. The first-order chi connectivity index (χ1) is 12.6. The molecule has 0 aliphatic heterocycles. The van der Waals surface area contributed by atoms with E-state index in [9.17, 15) is 4.79 Å². The number of carbonyl (C=O) groups excluding carboxylic acids is 1. The molecule has 3 rings (SSSR count). The number of amides is 1. The van der Waals surface area contributed by atoms with E-state index in [2.05, 4.69) is 28.5 Å². The average molecular weight is 366 g/mol. The molecule has 5 heteroatoms. The minimum atomic E-state index is -0.151. The fourth-order valence-electron chi connectivity index (χ4n) is 2.69. The van der Waals surface area contributed by atoms with Crippen LogP contribution in [0.1, 0.15) is 27.4 Å². The molecule has 1 aromatic heterocycles. The first-order valence-corrected chi connectivity index (χ1v) is 9.41. The van der Waals surface area contributed by atoms with Crippen molar-refractivity contribution in [2.45, 2.75) is 26.8 Å². The normalized spacial score (nSPS) is 10.5. The molecule has 0 fully saturated rings. The summed E-state index contributed by atoms with van der Waals surface area (Å²) >= 11 is 1.62. The molecule has 0 atom stereocenters. The van der Waals surface area contributed by atoms with Gasteiger partial charge in [0.05, 0.1) is 17.2 Å². The first kappa shape index (κ1) is 18.1. The summed E-state index contributed by atoms with van der Waals surface area (Å²) in [4.78, 5) is 16.6. The van der Waals surface area contributed by atoms with E-state index in [1.807, 2.05) is 49.6 Å². The van der Waals surface area contributed by atoms with Crippen molar-refractivity contribution in [1.82, 2.24) is 10.3 Å². The molecular formula is C21H22N2O2S. The number of rotatable bonds is 7. The molecule has 0 saturated carbocycles. The monoisotopic (exact) mass is 366 g/mol. The van der Waals surface area contributed by atoms with Gasteiger partial charge in [0.1, 0.15) is 5.75 Å². The highest BCUT2D eigenvalue weighted by atomic mass is 32.1. The second-order valence-electron chi connectivity index (χ2n) is 6.28. The molecule has 4 nitrogen and oxygen atoms in total. The van der Waals surface area contributed by atoms with Crippen molar-refractivity contribution in [2.24, 2.45) is 0 Å². The average Bonchev–Trinajstić information content (AvgIpc) is 3.06. The Labute approximate surface area is 157 Å². The molecule has 1 amide bonds. The van der Waals surface area contributed by atoms with Gasteiger partial charge < -0.3 is 10.1 Å². The van der Waals surface area contributed by atoms with Crippen LogP contribution in [0.4, 0.5) is 0 Å². The predicted molar refractivity (Wildman–Crippen MR) is 105 cm³/mol. The highest BCUT2D eigenvalue weighted by Gasteiger charge is 2.07. The van der Waals surface area contributed by atoms with Crippen molar-refractivity contribution in [3.8, 4) is 5.75 Å². The Hall–Kier alpha value is -2.66. The number of ether oxygens (including phenoxy) is 1. The second-order valence-corrected chi connectivity index (χ2v) is 7.23. The summed E-state index contributed by atoms with van der Waals surface area (Å²) in [6.07, 6.45) is 0.815. The molecule has 0 saturated heterocycles. The Balaban J connectivity index is 1.46. The summed E-state index contributed by atoms with van der Waals surface area (Å²) in [6.45, 7) is 4.44. The van der Waals surface area contributed by atoms with Crippen LogP contribution >= 0.6 is 11.3 Å². The zero-order valence-electron chi connectivity index (χ0n) is 15.0. The third kappa shape index (κ3) is 5.43. The van der Waals surface area contributed by atoms with E-state index < -0.39 is 0 Å². The lowest BCUT2D eigenvalue weighted by atomic mass is 10.1. The molecule has 134 valence electrons. The maximum atomic E-state index is 12.0. The van der Waals surface area contributed by atoms with Gasteiger partial charge >= 0.3 is 0 Å². The van der Waals surface area contributed by atoms with Gasteiger partial charge in [-0.2, -0.15) is 0 Å². The Morgan fingerprint density at radius 1 is 1.12 bits per heavy atom. The first-order valence-electron chi connectivity index (χ1n) is 8.53. The number of nitrogens with one attached hydrogen (secondary N) is 1. The Bertz CT molecular complexity index is 854. The van der Waals surface area contributed by atoms with E-state index in [4.69, 9.17) is 4.74 Å². The number of hydrogen-bond acceptors (Lipinski definition) is 4.